The quantitative estimate of drug-likeness (QED) is 0.0204. The number of unbranched alkanes of at least 4 members (excludes halogenated alkanes) is 31. The maximum Gasteiger partial charge on any atom is 0.220 e. The first-order chi connectivity index (χ1) is 35.6. The summed E-state index contributed by atoms with van der Waals surface area (Å²) in [6.07, 6.45) is 36.1. The predicted molar refractivity (Wildman–Crippen MR) is 291 cm³/mol. The van der Waals surface area contributed by atoms with Crippen molar-refractivity contribution >= 4 is 5.91 Å². The summed E-state index contributed by atoms with van der Waals surface area (Å²) in [6.45, 7) is 2.84. The van der Waals surface area contributed by atoms with Crippen LogP contribution in [0.15, 0.2) is 24.3 Å². The Bertz CT molecular complexity index is 1320. The highest BCUT2D eigenvalue weighted by atomic mass is 16.7. The number of amides is 1. The largest absolute Gasteiger partial charge is 0.394 e. The standard InChI is InChI=1S/C59H111NO13/c1-3-5-7-9-11-13-15-17-19-20-21-22-23-24-25-26-27-29-30-32-34-36-38-40-42-48(63)47(60-51(64)43-41-39-37-35-33-31-28-18-16-14-12-10-8-6-4-2)46-70-58-56(69)54(67)57(50(45-62)72-58)73-59-55(68)53(66)52(65)49(44-61)71-59/h12,14,18,28,47-50,52-59,61-63,65-69H,3-11,13,15-17,19-27,29-46H2,1-2H3,(H,60,64)/b14-12-,28-18-. The number of hydrogen-bond acceptors (Lipinski definition) is 13. The molecule has 0 bridgehead atoms. The topological polar surface area (TPSA) is 228 Å². The third kappa shape index (κ3) is 31.5. The fourth-order valence-electron chi connectivity index (χ4n) is 10.0. The van der Waals surface area contributed by atoms with Gasteiger partial charge in [0, 0.05) is 6.42 Å². The highest BCUT2D eigenvalue weighted by Gasteiger charge is 2.51. The van der Waals surface area contributed by atoms with Crippen molar-refractivity contribution in [3.63, 3.8) is 0 Å². The normalized spacial score (nSPS) is 25.5. The number of ether oxygens (including phenoxy) is 4. The van der Waals surface area contributed by atoms with Gasteiger partial charge in [-0.05, 0) is 44.9 Å². The van der Waals surface area contributed by atoms with Crippen LogP contribution in [0.3, 0.4) is 0 Å². The van der Waals surface area contributed by atoms with E-state index in [9.17, 15) is 45.6 Å². The molecule has 430 valence electrons. The van der Waals surface area contributed by atoms with Gasteiger partial charge in [0.2, 0.25) is 5.91 Å². The van der Waals surface area contributed by atoms with Crippen molar-refractivity contribution in [2.24, 2.45) is 0 Å². The zero-order valence-corrected chi connectivity index (χ0v) is 46.1. The average Bonchev–Trinajstić information content (AvgIpc) is 3.39. The van der Waals surface area contributed by atoms with Crippen LogP contribution in [0.1, 0.15) is 251 Å². The predicted octanol–water partition coefficient (Wildman–Crippen LogP) is 10.1. The van der Waals surface area contributed by atoms with Crippen LogP contribution in [0, 0.1) is 0 Å². The van der Waals surface area contributed by atoms with Gasteiger partial charge in [-0.15, -0.1) is 0 Å². The van der Waals surface area contributed by atoms with E-state index >= 15 is 0 Å². The molecule has 2 heterocycles. The van der Waals surface area contributed by atoms with Gasteiger partial charge < -0.3 is 65.1 Å². The molecule has 9 N–H and O–H groups in total. The Kier molecular flexibility index (Phi) is 42.1. The molecular weight excluding hydrogens is 931 g/mol. The number of aliphatic hydroxyl groups is 8. The lowest BCUT2D eigenvalue weighted by molar-refractivity contribution is -0.359. The van der Waals surface area contributed by atoms with Crippen molar-refractivity contribution in [2.75, 3.05) is 19.8 Å². The van der Waals surface area contributed by atoms with Gasteiger partial charge in [0.1, 0.15) is 48.8 Å². The lowest BCUT2D eigenvalue weighted by atomic mass is 9.97. The second kappa shape index (κ2) is 45.5. The molecule has 2 fully saturated rings. The third-order valence-electron chi connectivity index (χ3n) is 14.9. The Labute approximate surface area is 443 Å². The smallest absolute Gasteiger partial charge is 0.220 e. The average molecular weight is 1040 g/mol. The van der Waals surface area contributed by atoms with Gasteiger partial charge in [-0.2, -0.15) is 0 Å². The number of carbonyl (C=O) groups is 1. The van der Waals surface area contributed by atoms with Crippen LogP contribution < -0.4 is 5.32 Å². The lowest BCUT2D eigenvalue weighted by Gasteiger charge is -2.46. The molecule has 12 atom stereocenters. The lowest BCUT2D eigenvalue weighted by Crippen LogP contribution is -2.65. The van der Waals surface area contributed by atoms with Gasteiger partial charge >= 0.3 is 0 Å². The highest BCUT2D eigenvalue weighted by Crippen LogP contribution is 2.30. The molecule has 2 aliphatic heterocycles. The van der Waals surface area contributed by atoms with E-state index in [1.54, 1.807) is 0 Å². The van der Waals surface area contributed by atoms with E-state index in [0.29, 0.717) is 12.8 Å². The van der Waals surface area contributed by atoms with Crippen LogP contribution in [0.2, 0.25) is 0 Å². The van der Waals surface area contributed by atoms with E-state index in [1.165, 1.54) is 148 Å². The molecular formula is C59H111NO13. The molecule has 0 aliphatic carbocycles. The van der Waals surface area contributed by atoms with Gasteiger partial charge in [-0.3, -0.25) is 4.79 Å². The summed E-state index contributed by atoms with van der Waals surface area (Å²) in [7, 11) is 0. The van der Waals surface area contributed by atoms with Gasteiger partial charge in [0.25, 0.3) is 0 Å². The van der Waals surface area contributed by atoms with Crippen LogP contribution in [0.4, 0.5) is 0 Å². The van der Waals surface area contributed by atoms with Crippen molar-refractivity contribution in [1.82, 2.24) is 5.32 Å². The SMILES string of the molecule is CCCCC/C=C\C/C=C\CCCCCCCC(=O)NC(COC1OC(CO)C(OC2OC(CO)C(O)C(O)C2O)C(O)C1O)C(O)CCCCCCCCCCCCCCCCCCCCCCCCCC. The van der Waals surface area contributed by atoms with Gasteiger partial charge in [-0.25, -0.2) is 0 Å². The summed E-state index contributed by atoms with van der Waals surface area (Å²) in [4.78, 5) is 13.2. The summed E-state index contributed by atoms with van der Waals surface area (Å²) in [6, 6.07) is -0.835. The van der Waals surface area contributed by atoms with E-state index in [2.05, 4.69) is 43.5 Å². The molecule has 0 spiro atoms. The molecule has 2 rings (SSSR count). The summed E-state index contributed by atoms with van der Waals surface area (Å²) in [5.74, 6) is -0.218. The number of hydrogen-bond donors (Lipinski definition) is 9. The number of carbonyl (C=O) groups excluding carboxylic acids is 1. The maximum atomic E-state index is 13.2. The van der Waals surface area contributed by atoms with Gasteiger partial charge in [0.05, 0.1) is 32.0 Å². The van der Waals surface area contributed by atoms with Crippen molar-refractivity contribution in [3.05, 3.63) is 24.3 Å². The van der Waals surface area contributed by atoms with E-state index < -0.39 is 86.8 Å². The minimum atomic E-state index is -1.78. The Morgan fingerprint density at radius 3 is 1.40 bits per heavy atom. The molecule has 0 aromatic carbocycles. The Morgan fingerprint density at radius 1 is 0.493 bits per heavy atom. The minimum Gasteiger partial charge on any atom is -0.394 e. The first kappa shape index (κ1) is 67.6. The molecule has 14 heteroatoms. The van der Waals surface area contributed by atoms with Crippen molar-refractivity contribution in [2.45, 2.75) is 325 Å². The summed E-state index contributed by atoms with van der Waals surface area (Å²) >= 11 is 0. The molecule has 0 aromatic heterocycles. The van der Waals surface area contributed by atoms with Crippen molar-refractivity contribution < 1.29 is 64.6 Å². The number of rotatable bonds is 48. The first-order valence-electron chi connectivity index (χ1n) is 30.1. The second-order valence-corrected chi connectivity index (χ2v) is 21.5. The molecule has 12 unspecified atom stereocenters. The van der Waals surface area contributed by atoms with Gasteiger partial charge in [-0.1, -0.05) is 224 Å². The first-order valence-corrected chi connectivity index (χ1v) is 30.1. The zero-order chi connectivity index (χ0) is 53.2. The number of nitrogens with one attached hydrogen (secondary N) is 1. The molecule has 1 amide bonds. The van der Waals surface area contributed by atoms with Crippen LogP contribution >= 0.6 is 0 Å². The zero-order valence-electron chi connectivity index (χ0n) is 46.1. The Morgan fingerprint density at radius 2 is 0.904 bits per heavy atom. The molecule has 0 saturated carbocycles. The molecule has 14 nitrogen and oxygen atoms in total. The van der Waals surface area contributed by atoms with Crippen molar-refractivity contribution in [3.8, 4) is 0 Å². The second-order valence-electron chi connectivity index (χ2n) is 21.5. The molecule has 0 radical (unpaired) electrons. The number of allylic oxidation sites excluding steroid dienone is 4. The summed E-state index contributed by atoms with van der Waals surface area (Å²) in [5, 5.41) is 87.2. The van der Waals surface area contributed by atoms with E-state index in [0.717, 1.165) is 70.6 Å². The van der Waals surface area contributed by atoms with Gasteiger partial charge in [0.15, 0.2) is 12.6 Å². The van der Waals surface area contributed by atoms with Crippen LogP contribution in [0.5, 0.6) is 0 Å². The Hall–Kier alpha value is -1.53. The van der Waals surface area contributed by atoms with E-state index in [-0.39, 0.29) is 18.9 Å². The monoisotopic (exact) mass is 1040 g/mol. The van der Waals surface area contributed by atoms with Crippen molar-refractivity contribution in [1.29, 1.82) is 0 Å². The highest BCUT2D eigenvalue weighted by molar-refractivity contribution is 5.76. The molecule has 2 saturated heterocycles. The van der Waals surface area contributed by atoms with Crippen LogP contribution in [-0.4, -0.2) is 140 Å². The van der Waals surface area contributed by atoms with E-state index in [4.69, 9.17) is 18.9 Å². The minimum absolute atomic E-state index is 0.218. The fourth-order valence-corrected chi connectivity index (χ4v) is 10.0. The maximum absolute atomic E-state index is 13.2. The molecule has 0 aromatic rings. The summed E-state index contributed by atoms with van der Waals surface area (Å²) < 4.78 is 22.8. The molecule has 2 aliphatic rings. The van der Waals surface area contributed by atoms with Crippen LogP contribution in [-0.2, 0) is 23.7 Å². The molecule has 73 heavy (non-hydrogen) atoms. The van der Waals surface area contributed by atoms with E-state index in [1.807, 2.05) is 0 Å². The third-order valence-corrected chi connectivity index (χ3v) is 14.9. The summed E-state index contributed by atoms with van der Waals surface area (Å²) in [5.41, 5.74) is 0. The number of aliphatic hydroxyl groups excluding tert-OH is 8. The fraction of sp³-hybridized carbons (Fsp3) is 0.915. The Balaban J connectivity index is 1.73. The van der Waals surface area contributed by atoms with Crippen LogP contribution in [0.25, 0.3) is 0 Å².